The number of nitrogens with zero attached hydrogens (tertiary/aromatic N) is 3. The van der Waals surface area contributed by atoms with E-state index in [4.69, 9.17) is 10.7 Å². The Morgan fingerprint density at radius 1 is 1.11 bits per heavy atom. The minimum atomic E-state index is -0.267. The Hall–Kier alpha value is -2.67. The highest BCUT2D eigenvalue weighted by molar-refractivity contribution is 7.20. The number of hydrogen-bond acceptors (Lipinski definition) is 4. The summed E-state index contributed by atoms with van der Waals surface area (Å²) in [6.45, 7) is 5.26. The van der Waals surface area contributed by atoms with Crippen LogP contribution < -0.4 is 5.73 Å². The predicted octanol–water partition coefficient (Wildman–Crippen LogP) is 3.04. The molecule has 27 heavy (non-hydrogen) atoms. The topological polar surface area (TPSA) is 81.2 Å². The summed E-state index contributed by atoms with van der Waals surface area (Å²) in [5.41, 5.74) is 9.21. The number of nitrogens with two attached hydrogens (primary N) is 1. The van der Waals surface area contributed by atoms with Crippen molar-refractivity contribution in [1.82, 2.24) is 14.5 Å². The molecule has 0 saturated carbocycles. The van der Waals surface area contributed by atoms with Gasteiger partial charge in [-0.15, -0.1) is 0 Å². The molecule has 2 aromatic heterocycles. The molecule has 0 aliphatic carbocycles. The fourth-order valence-electron chi connectivity index (χ4n) is 3.66. The van der Waals surface area contributed by atoms with E-state index in [0.29, 0.717) is 31.5 Å². The summed E-state index contributed by atoms with van der Waals surface area (Å²) in [4.78, 5) is 30.7. The molecule has 0 bridgehead atoms. The van der Waals surface area contributed by atoms with Crippen LogP contribution in [0.2, 0.25) is 0 Å². The molecule has 0 spiro atoms. The van der Waals surface area contributed by atoms with Gasteiger partial charge < -0.3 is 10.6 Å². The van der Waals surface area contributed by atoms with E-state index >= 15 is 0 Å². The first-order valence-corrected chi connectivity index (χ1v) is 9.90. The molecule has 2 N–H and O–H groups in total. The van der Waals surface area contributed by atoms with Gasteiger partial charge in [0.2, 0.25) is 5.91 Å². The van der Waals surface area contributed by atoms with Gasteiger partial charge in [-0.2, -0.15) is 0 Å². The Morgan fingerprint density at radius 3 is 2.41 bits per heavy atom. The second-order valence-electron chi connectivity index (χ2n) is 7.10. The second-order valence-corrected chi connectivity index (χ2v) is 8.11. The molecule has 1 aromatic carbocycles. The molecule has 7 heteroatoms. The van der Waals surface area contributed by atoms with Crippen LogP contribution in [0.4, 0.5) is 0 Å². The molecule has 140 valence electrons. The first-order chi connectivity index (χ1) is 12.9. The molecule has 0 unspecified atom stereocenters. The first-order valence-electron chi connectivity index (χ1n) is 9.08. The number of aromatic nitrogens is 2. The number of likely N-dealkylation sites (tertiary alicyclic amines) is 1. The van der Waals surface area contributed by atoms with Gasteiger partial charge in [-0.05, 0) is 57.0 Å². The van der Waals surface area contributed by atoms with Crippen LogP contribution in [0.5, 0.6) is 0 Å². The SMILES string of the molecule is Cc1ccc(C)n1-c1nc2ccc(C(=O)N3CCC(C(N)=O)CC3)cc2s1. The van der Waals surface area contributed by atoms with Crippen LogP contribution >= 0.6 is 11.3 Å². The minimum absolute atomic E-state index is 0.00287. The number of hydrogen-bond donors (Lipinski definition) is 1. The molecular weight excluding hydrogens is 360 g/mol. The number of benzene rings is 1. The van der Waals surface area contributed by atoms with E-state index in [1.54, 1.807) is 11.3 Å². The third kappa shape index (κ3) is 3.23. The number of carbonyl (C=O) groups excluding carboxylic acids is 2. The molecule has 1 aliphatic heterocycles. The van der Waals surface area contributed by atoms with Crippen molar-refractivity contribution in [3.63, 3.8) is 0 Å². The van der Waals surface area contributed by atoms with Crippen molar-refractivity contribution < 1.29 is 9.59 Å². The average molecular weight is 382 g/mol. The van der Waals surface area contributed by atoms with Crippen LogP contribution in [0, 0.1) is 19.8 Å². The zero-order valence-electron chi connectivity index (χ0n) is 15.4. The van der Waals surface area contributed by atoms with Gasteiger partial charge >= 0.3 is 0 Å². The summed E-state index contributed by atoms with van der Waals surface area (Å²) in [7, 11) is 0. The lowest BCUT2D eigenvalue weighted by molar-refractivity contribution is -0.123. The van der Waals surface area contributed by atoms with E-state index in [0.717, 1.165) is 26.7 Å². The number of thiazole rings is 1. The monoisotopic (exact) mass is 382 g/mol. The molecule has 6 nitrogen and oxygen atoms in total. The van der Waals surface area contributed by atoms with E-state index in [1.807, 2.05) is 23.1 Å². The van der Waals surface area contributed by atoms with Crippen molar-refractivity contribution >= 4 is 33.4 Å². The molecule has 1 aliphatic rings. The van der Waals surface area contributed by atoms with Crippen LogP contribution in [-0.2, 0) is 4.79 Å². The Bertz CT molecular complexity index is 1010. The zero-order chi connectivity index (χ0) is 19.1. The normalized spacial score (nSPS) is 15.4. The van der Waals surface area contributed by atoms with Crippen molar-refractivity contribution in [2.24, 2.45) is 11.7 Å². The summed E-state index contributed by atoms with van der Waals surface area (Å²) in [5, 5.41) is 0.914. The lowest BCUT2D eigenvalue weighted by Gasteiger charge is -2.30. The third-order valence-electron chi connectivity index (χ3n) is 5.27. The van der Waals surface area contributed by atoms with Crippen molar-refractivity contribution in [2.75, 3.05) is 13.1 Å². The van der Waals surface area contributed by atoms with Crippen LogP contribution in [0.3, 0.4) is 0 Å². The Kier molecular flexibility index (Phi) is 4.47. The Balaban J connectivity index is 1.59. The van der Waals surface area contributed by atoms with E-state index in [-0.39, 0.29) is 17.7 Å². The lowest BCUT2D eigenvalue weighted by Crippen LogP contribution is -2.41. The molecule has 4 rings (SSSR count). The van der Waals surface area contributed by atoms with Gasteiger partial charge in [0, 0.05) is 36.0 Å². The standard InChI is InChI=1S/C20H22N4O2S/c1-12-3-4-13(2)24(12)20-22-16-6-5-15(11-17(16)27-20)19(26)23-9-7-14(8-10-23)18(21)25/h3-6,11,14H,7-10H2,1-2H3,(H2,21,25). The number of carbonyl (C=O) groups is 2. The van der Waals surface area contributed by atoms with Gasteiger partial charge in [-0.25, -0.2) is 4.98 Å². The number of rotatable bonds is 3. The van der Waals surface area contributed by atoms with E-state index in [1.165, 1.54) is 0 Å². The molecule has 3 aromatic rings. The highest BCUT2D eigenvalue weighted by Gasteiger charge is 2.26. The van der Waals surface area contributed by atoms with E-state index in [2.05, 4.69) is 30.5 Å². The average Bonchev–Trinajstić information content (AvgIpc) is 3.22. The van der Waals surface area contributed by atoms with E-state index < -0.39 is 0 Å². The highest BCUT2D eigenvalue weighted by atomic mass is 32.1. The lowest BCUT2D eigenvalue weighted by atomic mass is 9.96. The number of piperidine rings is 1. The summed E-state index contributed by atoms with van der Waals surface area (Å²) in [5.74, 6) is -0.381. The van der Waals surface area contributed by atoms with Crippen molar-refractivity contribution in [3.05, 3.63) is 47.3 Å². The molecule has 2 amide bonds. The maximum atomic E-state index is 12.9. The smallest absolute Gasteiger partial charge is 0.253 e. The molecule has 1 fully saturated rings. The number of fused-ring (bicyclic) bond motifs is 1. The largest absolute Gasteiger partial charge is 0.369 e. The molecule has 0 atom stereocenters. The number of aryl methyl sites for hydroxylation is 2. The molecule has 3 heterocycles. The second kappa shape index (κ2) is 6.81. The highest BCUT2D eigenvalue weighted by Crippen LogP contribution is 2.29. The summed E-state index contributed by atoms with van der Waals surface area (Å²) < 4.78 is 3.12. The maximum absolute atomic E-state index is 12.9. The van der Waals surface area contributed by atoms with Gasteiger partial charge in [0.25, 0.3) is 5.91 Å². The van der Waals surface area contributed by atoms with Crippen LogP contribution in [-0.4, -0.2) is 39.4 Å². The van der Waals surface area contributed by atoms with Crippen LogP contribution in [0.25, 0.3) is 15.3 Å². The number of amides is 2. The Morgan fingerprint density at radius 2 is 1.78 bits per heavy atom. The predicted molar refractivity (Wildman–Crippen MR) is 106 cm³/mol. The van der Waals surface area contributed by atoms with Gasteiger partial charge in [0.15, 0.2) is 5.13 Å². The van der Waals surface area contributed by atoms with Gasteiger partial charge in [-0.3, -0.25) is 14.2 Å². The fourth-order valence-corrected chi connectivity index (χ4v) is 4.79. The molecular formula is C20H22N4O2S. The molecule has 1 saturated heterocycles. The Labute approximate surface area is 161 Å². The molecule has 0 radical (unpaired) electrons. The minimum Gasteiger partial charge on any atom is -0.369 e. The van der Waals surface area contributed by atoms with Gasteiger partial charge in [-0.1, -0.05) is 11.3 Å². The van der Waals surface area contributed by atoms with Crippen molar-refractivity contribution in [3.8, 4) is 5.13 Å². The number of primary amides is 1. The van der Waals surface area contributed by atoms with Gasteiger partial charge in [0.05, 0.1) is 10.2 Å². The first kappa shape index (κ1) is 17.7. The summed E-state index contributed by atoms with van der Waals surface area (Å²) >= 11 is 1.59. The third-order valence-corrected chi connectivity index (χ3v) is 6.27. The van der Waals surface area contributed by atoms with Crippen LogP contribution in [0.1, 0.15) is 34.6 Å². The van der Waals surface area contributed by atoms with Crippen molar-refractivity contribution in [1.29, 1.82) is 0 Å². The summed E-state index contributed by atoms with van der Waals surface area (Å²) in [6.07, 6.45) is 1.28. The van der Waals surface area contributed by atoms with Crippen molar-refractivity contribution in [2.45, 2.75) is 26.7 Å². The summed E-state index contributed by atoms with van der Waals surface area (Å²) in [6, 6.07) is 9.82. The fraction of sp³-hybridized carbons (Fsp3) is 0.350. The van der Waals surface area contributed by atoms with E-state index in [9.17, 15) is 9.59 Å². The zero-order valence-corrected chi connectivity index (χ0v) is 16.3. The maximum Gasteiger partial charge on any atom is 0.253 e. The van der Waals surface area contributed by atoms with Crippen LogP contribution in [0.15, 0.2) is 30.3 Å². The quantitative estimate of drug-likeness (QED) is 0.756. The van der Waals surface area contributed by atoms with Gasteiger partial charge in [0.1, 0.15) is 0 Å².